The largest absolute Gasteiger partial charge is 0.433 e. The number of anilines is 3. The second-order valence-corrected chi connectivity index (χ2v) is 6.95. The topological polar surface area (TPSA) is 83.0 Å². The molecule has 0 aliphatic rings. The fourth-order valence-electron chi connectivity index (χ4n) is 2.71. The Labute approximate surface area is 174 Å². The molecule has 164 valence electrons. The Morgan fingerprint density at radius 2 is 1.55 bits per heavy atom. The Bertz CT molecular complexity index is 1070. The lowest BCUT2D eigenvalue weighted by Gasteiger charge is -2.14. The molecule has 0 radical (unpaired) electrons. The minimum Gasteiger partial charge on any atom is -0.392 e. The number of aliphatic hydroxyl groups is 1. The van der Waals surface area contributed by atoms with E-state index in [-0.39, 0.29) is 40.4 Å². The van der Waals surface area contributed by atoms with Gasteiger partial charge in [0.2, 0.25) is 0 Å². The summed E-state index contributed by atoms with van der Waals surface area (Å²) < 4.78 is 66.6. The van der Waals surface area contributed by atoms with E-state index in [1.54, 1.807) is 0 Å². The molecule has 0 bridgehead atoms. The molecular formula is C20H18F5N5O. The molecule has 31 heavy (non-hydrogen) atoms. The van der Waals surface area contributed by atoms with Gasteiger partial charge in [0.25, 0.3) is 0 Å². The van der Waals surface area contributed by atoms with Crippen molar-refractivity contribution in [3.63, 3.8) is 0 Å². The highest BCUT2D eigenvalue weighted by atomic mass is 19.4. The van der Waals surface area contributed by atoms with Gasteiger partial charge >= 0.3 is 6.18 Å². The number of hydrogen-bond donors (Lipinski definition) is 3. The Kier molecular flexibility index (Phi) is 6.34. The Morgan fingerprint density at radius 3 is 2.13 bits per heavy atom. The summed E-state index contributed by atoms with van der Waals surface area (Å²) in [5, 5.41) is 15.1. The maximum absolute atomic E-state index is 13.5. The minimum atomic E-state index is -4.74. The summed E-state index contributed by atoms with van der Waals surface area (Å²) in [5.41, 5.74) is -1.41. The summed E-state index contributed by atoms with van der Waals surface area (Å²) in [6.45, 7) is 3.00. The summed E-state index contributed by atoms with van der Waals surface area (Å²) in [6.07, 6.45) is -4.74. The highest BCUT2D eigenvalue weighted by molar-refractivity contribution is 5.64. The number of aliphatic hydroxyl groups excluding tert-OH is 1. The Morgan fingerprint density at radius 1 is 0.903 bits per heavy atom. The van der Waals surface area contributed by atoms with Crippen LogP contribution < -0.4 is 10.6 Å². The highest BCUT2D eigenvalue weighted by Crippen LogP contribution is 2.31. The zero-order valence-corrected chi connectivity index (χ0v) is 16.4. The van der Waals surface area contributed by atoms with Gasteiger partial charge in [0.05, 0.1) is 6.61 Å². The van der Waals surface area contributed by atoms with Crippen LogP contribution in [0.3, 0.4) is 0 Å². The molecule has 1 aromatic carbocycles. The summed E-state index contributed by atoms with van der Waals surface area (Å²) >= 11 is 0. The summed E-state index contributed by atoms with van der Waals surface area (Å²) in [7, 11) is 0. The van der Waals surface area contributed by atoms with Crippen LogP contribution in [0.15, 0.2) is 36.4 Å². The van der Waals surface area contributed by atoms with Gasteiger partial charge in [-0.3, -0.25) is 0 Å². The van der Waals surface area contributed by atoms with E-state index in [0.717, 1.165) is 18.2 Å². The van der Waals surface area contributed by atoms with Crippen LogP contribution in [0.1, 0.15) is 25.1 Å². The number of halogens is 5. The highest BCUT2D eigenvalue weighted by Gasteiger charge is 2.33. The van der Waals surface area contributed by atoms with E-state index in [9.17, 15) is 27.1 Å². The van der Waals surface area contributed by atoms with E-state index in [4.69, 9.17) is 0 Å². The number of rotatable bonds is 6. The molecule has 11 heteroatoms. The number of pyridine rings is 1. The van der Waals surface area contributed by atoms with Gasteiger partial charge in [-0.15, -0.1) is 0 Å². The third kappa shape index (κ3) is 5.85. The monoisotopic (exact) mass is 439 g/mol. The molecule has 0 atom stereocenters. The molecule has 0 saturated heterocycles. The van der Waals surface area contributed by atoms with Crippen LogP contribution in [0.25, 0.3) is 11.5 Å². The predicted molar refractivity (Wildman–Crippen MR) is 105 cm³/mol. The first kappa shape index (κ1) is 22.3. The van der Waals surface area contributed by atoms with E-state index < -0.39 is 30.1 Å². The molecule has 6 nitrogen and oxygen atoms in total. The number of alkyl halides is 3. The number of benzene rings is 1. The molecule has 3 N–H and O–H groups in total. The molecule has 0 amide bonds. The molecule has 3 rings (SSSR count). The molecule has 0 aliphatic carbocycles. The smallest absolute Gasteiger partial charge is 0.392 e. The molecule has 2 aromatic heterocycles. The number of nitrogens with one attached hydrogen (secondary N) is 2. The molecule has 0 fully saturated rings. The predicted octanol–water partition coefficient (Wildman–Crippen LogP) is 4.89. The van der Waals surface area contributed by atoms with E-state index in [1.807, 2.05) is 13.8 Å². The van der Waals surface area contributed by atoms with Crippen LogP contribution in [0.4, 0.5) is 39.3 Å². The van der Waals surface area contributed by atoms with E-state index in [2.05, 4.69) is 25.6 Å². The lowest BCUT2D eigenvalue weighted by molar-refractivity contribution is -0.141. The minimum absolute atomic E-state index is 0.0233. The average Bonchev–Trinajstić information content (AvgIpc) is 2.65. The normalized spacial score (nSPS) is 11.6. The van der Waals surface area contributed by atoms with Gasteiger partial charge in [0.15, 0.2) is 5.82 Å². The van der Waals surface area contributed by atoms with Crippen molar-refractivity contribution in [1.82, 2.24) is 15.0 Å². The standard InChI is InChI=1S/C20H18F5N5O/c1-10(2)26-17-8-18(27-14-6-12(21)5-13(22)7-14)30-19(29-17)15-3-11(9-31)4-16(28-15)20(23,24)25/h3-8,10,31H,9H2,1-2H3,(H2,26,27,29,30). The van der Waals surface area contributed by atoms with Gasteiger partial charge in [-0.1, -0.05) is 0 Å². The van der Waals surface area contributed by atoms with Crippen LogP contribution in [0.2, 0.25) is 0 Å². The van der Waals surface area contributed by atoms with Crippen molar-refractivity contribution in [3.8, 4) is 11.5 Å². The third-order valence-electron chi connectivity index (χ3n) is 3.88. The molecule has 0 aliphatic heterocycles. The average molecular weight is 439 g/mol. The van der Waals surface area contributed by atoms with Crippen LogP contribution in [-0.4, -0.2) is 26.1 Å². The lowest BCUT2D eigenvalue weighted by Crippen LogP contribution is -2.13. The third-order valence-corrected chi connectivity index (χ3v) is 3.88. The Hall–Kier alpha value is -3.34. The molecule has 2 heterocycles. The van der Waals surface area contributed by atoms with Gasteiger partial charge < -0.3 is 15.7 Å². The van der Waals surface area contributed by atoms with Crippen LogP contribution >= 0.6 is 0 Å². The fraction of sp³-hybridized carbons (Fsp3) is 0.250. The molecule has 3 aromatic rings. The summed E-state index contributed by atoms with van der Waals surface area (Å²) in [6, 6.07) is 6.09. The van der Waals surface area contributed by atoms with Crippen molar-refractivity contribution in [3.05, 3.63) is 59.3 Å². The molecule has 0 saturated carbocycles. The molecule has 0 spiro atoms. The van der Waals surface area contributed by atoms with Crippen LogP contribution in [0, 0.1) is 11.6 Å². The fourth-order valence-corrected chi connectivity index (χ4v) is 2.71. The number of aromatic nitrogens is 3. The summed E-state index contributed by atoms with van der Waals surface area (Å²) in [4.78, 5) is 11.9. The van der Waals surface area contributed by atoms with Crippen molar-refractivity contribution in [2.45, 2.75) is 32.7 Å². The first-order valence-electron chi connectivity index (χ1n) is 9.11. The van der Waals surface area contributed by atoms with Gasteiger partial charge in [0, 0.05) is 23.9 Å². The second-order valence-electron chi connectivity index (χ2n) is 6.95. The van der Waals surface area contributed by atoms with Crippen molar-refractivity contribution >= 4 is 17.3 Å². The van der Waals surface area contributed by atoms with E-state index >= 15 is 0 Å². The van der Waals surface area contributed by atoms with Crippen LogP contribution in [-0.2, 0) is 12.8 Å². The summed E-state index contributed by atoms with van der Waals surface area (Å²) in [5.74, 6) is -1.48. The van der Waals surface area contributed by atoms with Crippen molar-refractivity contribution in [2.75, 3.05) is 10.6 Å². The maximum atomic E-state index is 13.5. The zero-order valence-electron chi connectivity index (χ0n) is 16.4. The van der Waals surface area contributed by atoms with Gasteiger partial charge in [-0.05, 0) is 43.7 Å². The SMILES string of the molecule is CC(C)Nc1cc(Nc2cc(F)cc(F)c2)nc(-c2cc(CO)cc(C(F)(F)F)n2)n1. The number of hydrogen-bond acceptors (Lipinski definition) is 6. The zero-order chi connectivity index (χ0) is 22.8. The molecular weight excluding hydrogens is 421 g/mol. The van der Waals surface area contributed by atoms with Crippen molar-refractivity contribution in [2.24, 2.45) is 0 Å². The van der Waals surface area contributed by atoms with E-state index in [0.29, 0.717) is 6.07 Å². The second kappa shape index (κ2) is 8.80. The van der Waals surface area contributed by atoms with Gasteiger partial charge in [-0.25, -0.2) is 23.7 Å². The first-order chi connectivity index (χ1) is 14.5. The van der Waals surface area contributed by atoms with Crippen molar-refractivity contribution < 1.29 is 27.1 Å². The van der Waals surface area contributed by atoms with E-state index in [1.165, 1.54) is 12.1 Å². The first-order valence-corrected chi connectivity index (χ1v) is 9.11. The Balaban J connectivity index is 2.10. The maximum Gasteiger partial charge on any atom is 0.433 e. The van der Waals surface area contributed by atoms with Gasteiger partial charge in [0.1, 0.15) is 34.7 Å². The molecule has 0 unspecified atom stereocenters. The lowest BCUT2D eigenvalue weighted by atomic mass is 10.2. The number of nitrogens with zero attached hydrogens (tertiary/aromatic N) is 3. The van der Waals surface area contributed by atoms with Gasteiger partial charge in [-0.2, -0.15) is 13.2 Å². The quantitative estimate of drug-likeness (QED) is 0.475. The van der Waals surface area contributed by atoms with Crippen LogP contribution in [0.5, 0.6) is 0 Å². The van der Waals surface area contributed by atoms with Crippen molar-refractivity contribution in [1.29, 1.82) is 0 Å².